The number of hydrogen-bond acceptors (Lipinski definition) is 2. The highest BCUT2D eigenvalue weighted by molar-refractivity contribution is 4.95. The Morgan fingerprint density at radius 2 is 1.79 bits per heavy atom. The number of rotatable bonds is 3. The van der Waals surface area contributed by atoms with Crippen molar-refractivity contribution in [2.45, 2.75) is 83.3 Å². The summed E-state index contributed by atoms with van der Waals surface area (Å²) in [5.41, 5.74) is 0. The van der Waals surface area contributed by atoms with E-state index in [-0.39, 0.29) is 0 Å². The maximum Gasteiger partial charge on any atom is 0.0113 e. The van der Waals surface area contributed by atoms with Crippen molar-refractivity contribution in [2.75, 3.05) is 6.54 Å². The molecule has 0 spiro atoms. The first-order valence-electron chi connectivity index (χ1n) is 8.73. The van der Waals surface area contributed by atoms with Crippen LogP contribution in [0.5, 0.6) is 0 Å². The highest BCUT2D eigenvalue weighted by Crippen LogP contribution is 2.35. The molecule has 2 N–H and O–H groups in total. The summed E-state index contributed by atoms with van der Waals surface area (Å²) in [6.07, 6.45) is 11.4. The zero-order valence-corrected chi connectivity index (χ0v) is 12.8. The lowest BCUT2D eigenvalue weighted by molar-refractivity contribution is 0.197. The van der Waals surface area contributed by atoms with E-state index in [1.807, 2.05) is 0 Å². The predicted octanol–water partition coefficient (Wildman–Crippen LogP) is 3.32. The Morgan fingerprint density at radius 1 is 0.895 bits per heavy atom. The topological polar surface area (TPSA) is 24.1 Å². The summed E-state index contributed by atoms with van der Waals surface area (Å²) in [7, 11) is 0. The third-order valence-corrected chi connectivity index (χ3v) is 6.23. The first kappa shape index (κ1) is 13.9. The lowest BCUT2D eigenvalue weighted by atomic mass is 9.78. The van der Waals surface area contributed by atoms with Crippen LogP contribution < -0.4 is 10.6 Å². The molecule has 0 amide bonds. The molecule has 1 saturated heterocycles. The van der Waals surface area contributed by atoms with E-state index < -0.39 is 0 Å². The molecule has 3 aliphatic rings. The molecule has 0 radical (unpaired) electrons. The normalized spacial score (nSPS) is 47.7. The minimum atomic E-state index is 0.804. The van der Waals surface area contributed by atoms with Crippen LogP contribution in [0.4, 0.5) is 0 Å². The van der Waals surface area contributed by atoms with Crippen LogP contribution in [0.25, 0.3) is 0 Å². The fraction of sp³-hybridized carbons (Fsp3) is 1.00. The summed E-state index contributed by atoms with van der Waals surface area (Å²) in [6.45, 7) is 6.14. The van der Waals surface area contributed by atoms with Gasteiger partial charge in [-0.2, -0.15) is 0 Å². The molecule has 2 saturated carbocycles. The molecule has 3 rings (SSSR count). The zero-order chi connectivity index (χ0) is 13.2. The molecule has 1 heterocycles. The van der Waals surface area contributed by atoms with E-state index in [4.69, 9.17) is 0 Å². The Labute approximate surface area is 119 Å². The third kappa shape index (κ3) is 3.16. The molecule has 3 fully saturated rings. The molecule has 0 bridgehead atoms. The van der Waals surface area contributed by atoms with Crippen LogP contribution in [0.15, 0.2) is 0 Å². The Morgan fingerprint density at radius 3 is 2.53 bits per heavy atom. The van der Waals surface area contributed by atoms with Crippen molar-refractivity contribution in [3.63, 3.8) is 0 Å². The lowest BCUT2D eigenvalue weighted by Gasteiger charge is -2.36. The lowest BCUT2D eigenvalue weighted by Crippen LogP contribution is -2.47. The van der Waals surface area contributed by atoms with Gasteiger partial charge < -0.3 is 10.6 Å². The first-order valence-corrected chi connectivity index (χ1v) is 8.73. The van der Waals surface area contributed by atoms with Gasteiger partial charge in [0.2, 0.25) is 0 Å². The second-order valence-corrected chi connectivity index (χ2v) is 7.54. The summed E-state index contributed by atoms with van der Waals surface area (Å²) < 4.78 is 0. The average molecular weight is 264 g/mol. The van der Waals surface area contributed by atoms with Crippen molar-refractivity contribution in [3.8, 4) is 0 Å². The summed E-state index contributed by atoms with van der Waals surface area (Å²) in [4.78, 5) is 0. The van der Waals surface area contributed by atoms with Crippen molar-refractivity contribution in [3.05, 3.63) is 0 Å². The smallest absolute Gasteiger partial charge is 0.0113 e. The van der Waals surface area contributed by atoms with E-state index in [0.29, 0.717) is 0 Å². The van der Waals surface area contributed by atoms with Gasteiger partial charge in [-0.05, 0) is 69.2 Å². The van der Waals surface area contributed by atoms with E-state index in [0.717, 1.165) is 35.9 Å². The minimum Gasteiger partial charge on any atom is -0.314 e. The van der Waals surface area contributed by atoms with Crippen LogP contribution in [-0.4, -0.2) is 24.7 Å². The van der Waals surface area contributed by atoms with Crippen LogP contribution >= 0.6 is 0 Å². The molecule has 0 aromatic carbocycles. The molecule has 110 valence electrons. The number of hydrogen-bond donors (Lipinski definition) is 2. The van der Waals surface area contributed by atoms with Crippen molar-refractivity contribution >= 4 is 0 Å². The van der Waals surface area contributed by atoms with Gasteiger partial charge in [-0.15, -0.1) is 0 Å². The van der Waals surface area contributed by atoms with Crippen LogP contribution in [-0.2, 0) is 0 Å². The van der Waals surface area contributed by atoms with Crippen molar-refractivity contribution in [1.82, 2.24) is 10.6 Å². The monoisotopic (exact) mass is 264 g/mol. The molecular formula is C17H32N2. The second kappa shape index (κ2) is 6.13. The first-order chi connectivity index (χ1) is 9.24. The quantitative estimate of drug-likeness (QED) is 0.817. The highest BCUT2D eigenvalue weighted by atomic mass is 15.0. The molecule has 0 aromatic heterocycles. The van der Waals surface area contributed by atoms with E-state index in [2.05, 4.69) is 24.5 Å². The van der Waals surface area contributed by atoms with Gasteiger partial charge in [0.25, 0.3) is 0 Å². The Bertz CT molecular complexity index is 285. The van der Waals surface area contributed by atoms with Crippen molar-refractivity contribution in [2.24, 2.45) is 17.8 Å². The standard InChI is InChI=1S/C17H32N2/c1-12-8-9-14(11-13(12)2)19-17-6-3-5-15(17)16-7-4-10-18-16/h12-19H,3-11H2,1-2H3. The minimum absolute atomic E-state index is 0.804. The van der Waals surface area contributed by atoms with Gasteiger partial charge >= 0.3 is 0 Å². The van der Waals surface area contributed by atoms with Crippen LogP contribution in [0, 0.1) is 17.8 Å². The summed E-state index contributed by atoms with van der Waals surface area (Å²) >= 11 is 0. The molecular weight excluding hydrogens is 232 g/mol. The van der Waals surface area contributed by atoms with E-state index in [1.54, 1.807) is 0 Å². The Balaban J connectivity index is 1.53. The summed E-state index contributed by atoms with van der Waals surface area (Å²) in [5.74, 6) is 2.77. The summed E-state index contributed by atoms with van der Waals surface area (Å²) in [5, 5.41) is 7.80. The molecule has 2 aliphatic carbocycles. The van der Waals surface area contributed by atoms with Crippen molar-refractivity contribution in [1.29, 1.82) is 0 Å². The molecule has 2 heteroatoms. The fourth-order valence-corrected chi connectivity index (χ4v) is 4.76. The average Bonchev–Trinajstić information content (AvgIpc) is 3.04. The van der Waals surface area contributed by atoms with Gasteiger partial charge in [0, 0.05) is 18.1 Å². The second-order valence-electron chi connectivity index (χ2n) is 7.54. The molecule has 0 aromatic rings. The summed E-state index contributed by atoms with van der Waals surface area (Å²) in [6, 6.07) is 2.43. The molecule has 6 unspecified atom stereocenters. The number of nitrogens with one attached hydrogen (secondary N) is 2. The Hall–Kier alpha value is -0.0800. The van der Waals surface area contributed by atoms with Gasteiger partial charge in [-0.3, -0.25) is 0 Å². The molecule has 2 nitrogen and oxygen atoms in total. The van der Waals surface area contributed by atoms with Gasteiger partial charge in [0.1, 0.15) is 0 Å². The van der Waals surface area contributed by atoms with Gasteiger partial charge in [-0.1, -0.05) is 20.3 Å². The van der Waals surface area contributed by atoms with Crippen molar-refractivity contribution < 1.29 is 0 Å². The van der Waals surface area contributed by atoms with Crippen LogP contribution in [0.3, 0.4) is 0 Å². The zero-order valence-electron chi connectivity index (χ0n) is 12.8. The van der Waals surface area contributed by atoms with Gasteiger partial charge in [-0.25, -0.2) is 0 Å². The Kier molecular flexibility index (Phi) is 4.48. The molecule has 1 aliphatic heterocycles. The highest BCUT2D eigenvalue weighted by Gasteiger charge is 2.36. The fourth-order valence-electron chi connectivity index (χ4n) is 4.76. The van der Waals surface area contributed by atoms with E-state index in [9.17, 15) is 0 Å². The predicted molar refractivity (Wildman–Crippen MR) is 81.3 cm³/mol. The maximum atomic E-state index is 4.06. The van der Waals surface area contributed by atoms with E-state index >= 15 is 0 Å². The molecule has 6 atom stereocenters. The largest absolute Gasteiger partial charge is 0.314 e. The maximum absolute atomic E-state index is 4.06. The van der Waals surface area contributed by atoms with Crippen LogP contribution in [0.2, 0.25) is 0 Å². The third-order valence-electron chi connectivity index (χ3n) is 6.23. The SMILES string of the molecule is CC1CCC(NC2CCCC2C2CCCN2)CC1C. The van der Waals surface area contributed by atoms with E-state index in [1.165, 1.54) is 57.9 Å². The van der Waals surface area contributed by atoms with Crippen LogP contribution in [0.1, 0.15) is 65.2 Å². The van der Waals surface area contributed by atoms with Gasteiger partial charge in [0.05, 0.1) is 0 Å². The van der Waals surface area contributed by atoms with Gasteiger partial charge in [0.15, 0.2) is 0 Å². The molecule has 19 heavy (non-hydrogen) atoms.